The summed E-state index contributed by atoms with van der Waals surface area (Å²) in [5.74, 6) is 0.333. The average molecular weight is 260 g/mol. The summed E-state index contributed by atoms with van der Waals surface area (Å²) in [6, 6.07) is 8.14. The molecule has 1 N–H and O–H groups in total. The molecule has 2 aromatic rings. The van der Waals surface area contributed by atoms with Crippen molar-refractivity contribution in [3.63, 3.8) is 0 Å². The number of carboxylic acids is 1. The molecule has 0 unspecified atom stereocenters. The summed E-state index contributed by atoms with van der Waals surface area (Å²) in [7, 11) is 0. The van der Waals surface area contributed by atoms with Gasteiger partial charge < -0.3 is 9.63 Å². The Balaban J connectivity index is 1.92. The van der Waals surface area contributed by atoms with Crippen molar-refractivity contribution in [3.05, 3.63) is 47.1 Å². The van der Waals surface area contributed by atoms with Gasteiger partial charge >= 0.3 is 5.97 Å². The van der Waals surface area contributed by atoms with E-state index in [1.807, 2.05) is 25.1 Å². The molecule has 0 amide bonds. The molecule has 0 saturated carbocycles. The number of nitrogens with zero attached hydrogens (tertiary/aromatic N) is 2. The van der Waals surface area contributed by atoms with Crippen LogP contribution in [0.5, 0.6) is 0 Å². The molecule has 100 valence electrons. The third-order valence-corrected chi connectivity index (χ3v) is 2.74. The third kappa shape index (κ3) is 4.21. The van der Waals surface area contributed by atoms with Gasteiger partial charge in [0.2, 0.25) is 5.89 Å². The maximum atomic E-state index is 10.4. The Morgan fingerprint density at radius 2 is 2.26 bits per heavy atom. The van der Waals surface area contributed by atoms with Crippen LogP contribution in [0.1, 0.15) is 35.7 Å². The zero-order valence-electron chi connectivity index (χ0n) is 10.8. The predicted molar refractivity (Wildman–Crippen MR) is 68.9 cm³/mol. The van der Waals surface area contributed by atoms with Crippen LogP contribution in [0.3, 0.4) is 0 Å². The minimum atomic E-state index is -0.806. The molecule has 1 aromatic carbocycles. The Labute approximate surface area is 111 Å². The molecular weight excluding hydrogens is 244 g/mol. The minimum absolute atomic E-state index is 0.121. The van der Waals surface area contributed by atoms with E-state index >= 15 is 0 Å². The van der Waals surface area contributed by atoms with Gasteiger partial charge in [-0.2, -0.15) is 4.98 Å². The first-order chi connectivity index (χ1) is 9.13. The van der Waals surface area contributed by atoms with Crippen LogP contribution < -0.4 is 0 Å². The fraction of sp³-hybridized carbons (Fsp3) is 0.357. The smallest absolute Gasteiger partial charge is 0.303 e. The van der Waals surface area contributed by atoms with E-state index in [0.717, 1.165) is 5.56 Å². The van der Waals surface area contributed by atoms with Crippen LogP contribution in [0.4, 0.5) is 0 Å². The first-order valence-electron chi connectivity index (χ1n) is 6.22. The first kappa shape index (κ1) is 13.3. The maximum Gasteiger partial charge on any atom is 0.303 e. The van der Waals surface area contributed by atoms with E-state index in [-0.39, 0.29) is 6.42 Å². The molecule has 0 spiro atoms. The summed E-state index contributed by atoms with van der Waals surface area (Å²) < 4.78 is 5.09. The Morgan fingerprint density at radius 3 is 3.00 bits per heavy atom. The number of hydrogen-bond acceptors (Lipinski definition) is 4. The van der Waals surface area contributed by atoms with E-state index in [0.29, 0.717) is 31.0 Å². The number of aryl methyl sites for hydroxylation is 2. The molecule has 5 heteroatoms. The lowest BCUT2D eigenvalue weighted by molar-refractivity contribution is -0.137. The molecule has 0 aliphatic heterocycles. The molecular formula is C14H16N2O3. The largest absolute Gasteiger partial charge is 0.481 e. The van der Waals surface area contributed by atoms with E-state index in [1.54, 1.807) is 0 Å². The van der Waals surface area contributed by atoms with E-state index in [9.17, 15) is 4.79 Å². The lowest BCUT2D eigenvalue weighted by Gasteiger charge is -1.97. The Kier molecular flexibility index (Phi) is 4.28. The molecule has 0 aliphatic carbocycles. The van der Waals surface area contributed by atoms with Gasteiger partial charge in [0, 0.05) is 19.3 Å². The summed E-state index contributed by atoms with van der Waals surface area (Å²) in [6.45, 7) is 2.04. The molecule has 1 aromatic heterocycles. The van der Waals surface area contributed by atoms with Gasteiger partial charge in [-0.3, -0.25) is 4.79 Å². The van der Waals surface area contributed by atoms with Gasteiger partial charge in [0.1, 0.15) is 0 Å². The number of aliphatic carboxylic acids is 1. The number of rotatable bonds is 6. The van der Waals surface area contributed by atoms with Crippen LogP contribution in [-0.2, 0) is 17.6 Å². The van der Waals surface area contributed by atoms with Crippen LogP contribution >= 0.6 is 0 Å². The van der Waals surface area contributed by atoms with Crippen LogP contribution in [0, 0.1) is 6.92 Å². The van der Waals surface area contributed by atoms with Gasteiger partial charge in [-0.15, -0.1) is 0 Å². The second kappa shape index (κ2) is 6.13. The second-order valence-electron chi connectivity index (χ2n) is 4.52. The normalized spacial score (nSPS) is 10.6. The molecule has 1 heterocycles. The van der Waals surface area contributed by atoms with Crippen molar-refractivity contribution in [1.82, 2.24) is 10.1 Å². The van der Waals surface area contributed by atoms with E-state index in [2.05, 4.69) is 16.2 Å². The fourth-order valence-corrected chi connectivity index (χ4v) is 1.86. The molecule has 19 heavy (non-hydrogen) atoms. The highest BCUT2D eigenvalue weighted by Crippen LogP contribution is 2.10. The third-order valence-electron chi connectivity index (χ3n) is 2.74. The first-order valence-corrected chi connectivity index (χ1v) is 6.22. The van der Waals surface area contributed by atoms with Crippen LogP contribution in [0.15, 0.2) is 28.8 Å². The van der Waals surface area contributed by atoms with Gasteiger partial charge in [0.05, 0.1) is 0 Å². The summed E-state index contributed by atoms with van der Waals surface area (Å²) in [5, 5.41) is 12.5. The van der Waals surface area contributed by atoms with Crippen molar-refractivity contribution in [3.8, 4) is 0 Å². The Bertz CT molecular complexity index is 563. The highest BCUT2D eigenvalue weighted by molar-refractivity contribution is 5.66. The molecule has 0 bridgehead atoms. The van der Waals surface area contributed by atoms with Crippen molar-refractivity contribution in [1.29, 1.82) is 0 Å². The molecule has 0 radical (unpaired) electrons. The standard InChI is InChI=1S/C14H16N2O3/c1-10-4-2-5-11(8-10)9-12-15-13(19-16-12)6-3-7-14(17)18/h2,4-5,8H,3,6-7,9H2,1H3,(H,17,18). The van der Waals surface area contributed by atoms with Gasteiger partial charge in [0.15, 0.2) is 5.82 Å². The van der Waals surface area contributed by atoms with Crippen molar-refractivity contribution < 1.29 is 14.4 Å². The summed E-state index contributed by atoms with van der Waals surface area (Å²) in [5.41, 5.74) is 2.33. The number of hydrogen-bond donors (Lipinski definition) is 1. The molecule has 0 atom stereocenters. The molecule has 2 rings (SSSR count). The summed E-state index contributed by atoms with van der Waals surface area (Å²) >= 11 is 0. The number of carbonyl (C=O) groups is 1. The molecule has 0 saturated heterocycles. The molecule has 0 fully saturated rings. The Morgan fingerprint density at radius 1 is 1.42 bits per heavy atom. The lowest BCUT2D eigenvalue weighted by atomic mass is 10.1. The average Bonchev–Trinajstić information content (AvgIpc) is 2.76. The minimum Gasteiger partial charge on any atom is -0.481 e. The van der Waals surface area contributed by atoms with Crippen LogP contribution in [-0.4, -0.2) is 21.2 Å². The molecule has 0 aliphatic rings. The quantitative estimate of drug-likeness (QED) is 0.862. The van der Waals surface area contributed by atoms with Crippen molar-refractivity contribution in [2.24, 2.45) is 0 Å². The zero-order valence-corrected chi connectivity index (χ0v) is 10.8. The maximum absolute atomic E-state index is 10.4. The van der Waals surface area contributed by atoms with E-state index in [1.165, 1.54) is 5.56 Å². The highest BCUT2D eigenvalue weighted by atomic mass is 16.5. The summed E-state index contributed by atoms with van der Waals surface area (Å²) in [6.07, 6.45) is 1.77. The highest BCUT2D eigenvalue weighted by Gasteiger charge is 2.08. The van der Waals surface area contributed by atoms with E-state index < -0.39 is 5.97 Å². The predicted octanol–water partition coefficient (Wildman–Crippen LogP) is 2.38. The lowest BCUT2D eigenvalue weighted by Crippen LogP contribution is -1.96. The van der Waals surface area contributed by atoms with Crippen LogP contribution in [0.2, 0.25) is 0 Å². The number of carboxylic acid groups (broad SMARTS) is 1. The summed E-state index contributed by atoms with van der Waals surface area (Å²) in [4.78, 5) is 14.7. The zero-order chi connectivity index (χ0) is 13.7. The van der Waals surface area contributed by atoms with Crippen molar-refractivity contribution >= 4 is 5.97 Å². The monoisotopic (exact) mass is 260 g/mol. The van der Waals surface area contributed by atoms with Gasteiger partial charge in [0.25, 0.3) is 0 Å². The second-order valence-corrected chi connectivity index (χ2v) is 4.52. The molecule has 5 nitrogen and oxygen atoms in total. The van der Waals surface area contributed by atoms with Crippen molar-refractivity contribution in [2.75, 3.05) is 0 Å². The number of benzene rings is 1. The SMILES string of the molecule is Cc1cccc(Cc2noc(CCCC(=O)O)n2)c1. The van der Waals surface area contributed by atoms with Crippen LogP contribution in [0.25, 0.3) is 0 Å². The topological polar surface area (TPSA) is 76.2 Å². The number of aromatic nitrogens is 2. The van der Waals surface area contributed by atoms with Gasteiger partial charge in [-0.25, -0.2) is 0 Å². The van der Waals surface area contributed by atoms with Gasteiger partial charge in [-0.1, -0.05) is 35.0 Å². The van der Waals surface area contributed by atoms with E-state index in [4.69, 9.17) is 9.63 Å². The Hall–Kier alpha value is -2.17. The van der Waals surface area contributed by atoms with Crippen molar-refractivity contribution in [2.45, 2.75) is 32.6 Å². The van der Waals surface area contributed by atoms with Gasteiger partial charge in [-0.05, 0) is 18.9 Å². The fourth-order valence-electron chi connectivity index (χ4n) is 1.86.